The summed E-state index contributed by atoms with van der Waals surface area (Å²) in [6, 6.07) is 4.20. The predicted molar refractivity (Wildman–Crippen MR) is 63.6 cm³/mol. The highest BCUT2D eigenvalue weighted by Gasteiger charge is 2.33. The van der Waals surface area contributed by atoms with E-state index in [9.17, 15) is 9.59 Å². The lowest BCUT2D eigenvalue weighted by molar-refractivity contribution is -0.153. The van der Waals surface area contributed by atoms with Crippen LogP contribution in [0.5, 0.6) is 0 Å². The molecule has 3 nitrogen and oxygen atoms in total. The molecule has 0 spiro atoms. The van der Waals surface area contributed by atoms with E-state index in [4.69, 9.17) is 0 Å². The van der Waals surface area contributed by atoms with Crippen molar-refractivity contribution < 1.29 is 14.3 Å². The predicted octanol–water partition coefficient (Wildman–Crippen LogP) is 2.24. The fourth-order valence-corrected chi connectivity index (χ4v) is 2.46. The molecule has 1 unspecified atom stereocenters. The maximum absolute atomic E-state index is 11.4. The highest BCUT2D eigenvalue weighted by atomic mass is 16.6. The summed E-state index contributed by atoms with van der Waals surface area (Å²) in [4.78, 5) is 22.5. The van der Waals surface area contributed by atoms with Gasteiger partial charge in [0.15, 0.2) is 0 Å². The summed E-state index contributed by atoms with van der Waals surface area (Å²) < 4.78 is 4.57. The first-order chi connectivity index (χ1) is 7.97. The Balaban J connectivity index is 2.25. The van der Waals surface area contributed by atoms with Gasteiger partial charge in [-0.1, -0.05) is 17.7 Å². The lowest BCUT2D eigenvalue weighted by atomic mass is 9.90. The molecular formula is C14H16O3. The minimum atomic E-state index is -0.401. The van der Waals surface area contributed by atoms with Crippen molar-refractivity contribution in [2.45, 2.75) is 33.6 Å². The number of hydrogen-bond acceptors (Lipinski definition) is 3. The Morgan fingerprint density at radius 1 is 1.18 bits per heavy atom. The molecule has 1 aliphatic heterocycles. The Labute approximate surface area is 101 Å². The lowest BCUT2D eigenvalue weighted by Crippen LogP contribution is -2.12. The quantitative estimate of drug-likeness (QED) is 0.580. The maximum Gasteiger partial charge on any atom is 0.317 e. The van der Waals surface area contributed by atoms with E-state index in [0.717, 1.165) is 5.56 Å². The standard InChI is InChI=1S/C14H16O3/c1-8-4-9(2)12(10(3)5-8)6-11-7-13(15)17-14(11)16/h4-5,11H,6-7H2,1-3H3. The SMILES string of the molecule is Cc1cc(C)c(CC2CC(=O)OC2=O)c(C)c1. The molecule has 0 aromatic heterocycles. The molecule has 0 radical (unpaired) electrons. The average molecular weight is 232 g/mol. The first-order valence-electron chi connectivity index (χ1n) is 5.78. The van der Waals surface area contributed by atoms with E-state index in [-0.39, 0.29) is 18.3 Å². The number of carbonyl (C=O) groups excluding carboxylic acids is 2. The summed E-state index contributed by atoms with van der Waals surface area (Å²) in [7, 11) is 0. The number of ether oxygens (including phenoxy) is 1. The van der Waals surface area contributed by atoms with Gasteiger partial charge < -0.3 is 4.74 Å². The Hall–Kier alpha value is -1.64. The van der Waals surface area contributed by atoms with E-state index in [1.165, 1.54) is 16.7 Å². The molecule has 1 fully saturated rings. The Kier molecular flexibility index (Phi) is 3.01. The zero-order valence-electron chi connectivity index (χ0n) is 10.4. The van der Waals surface area contributed by atoms with Crippen molar-refractivity contribution in [3.8, 4) is 0 Å². The third-order valence-electron chi connectivity index (χ3n) is 3.25. The molecule has 1 aliphatic rings. The van der Waals surface area contributed by atoms with Crippen molar-refractivity contribution in [1.82, 2.24) is 0 Å². The van der Waals surface area contributed by atoms with Gasteiger partial charge in [0, 0.05) is 0 Å². The molecule has 1 aromatic carbocycles. The van der Waals surface area contributed by atoms with Crippen LogP contribution in [0.1, 0.15) is 28.7 Å². The number of carbonyl (C=O) groups is 2. The Morgan fingerprint density at radius 3 is 2.24 bits per heavy atom. The number of aryl methyl sites for hydroxylation is 3. The molecule has 3 heteroatoms. The van der Waals surface area contributed by atoms with E-state index in [0.29, 0.717) is 6.42 Å². The molecule has 1 atom stereocenters. The minimum Gasteiger partial charge on any atom is -0.393 e. The number of cyclic esters (lactones) is 2. The number of benzene rings is 1. The van der Waals surface area contributed by atoms with Gasteiger partial charge in [0.2, 0.25) is 0 Å². The van der Waals surface area contributed by atoms with Crippen molar-refractivity contribution in [3.63, 3.8) is 0 Å². The van der Waals surface area contributed by atoms with Crippen molar-refractivity contribution >= 4 is 11.9 Å². The molecule has 0 amide bonds. The van der Waals surface area contributed by atoms with Crippen molar-refractivity contribution in [1.29, 1.82) is 0 Å². The smallest absolute Gasteiger partial charge is 0.317 e. The van der Waals surface area contributed by atoms with Crippen molar-refractivity contribution in [2.24, 2.45) is 5.92 Å². The zero-order valence-corrected chi connectivity index (χ0v) is 10.4. The van der Waals surface area contributed by atoms with Crippen LogP contribution in [0.4, 0.5) is 0 Å². The van der Waals surface area contributed by atoms with E-state index in [1.54, 1.807) is 0 Å². The van der Waals surface area contributed by atoms with Crippen LogP contribution in [0, 0.1) is 26.7 Å². The normalized spacial score (nSPS) is 19.6. The van der Waals surface area contributed by atoms with Crippen molar-refractivity contribution in [3.05, 3.63) is 34.4 Å². The molecule has 2 rings (SSSR count). The number of rotatable bonds is 2. The topological polar surface area (TPSA) is 43.4 Å². The van der Waals surface area contributed by atoms with Gasteiger partial charge in [-0.05, 0) is 43.9 Å². The van der Waals surface area contributed by atoms with Crippen LogP contribution in [0.2, 0.25) is 0 Å². The summed E-state index contributed by atoms with van der Waals surface area (Å²) in [6.45, 7) is 6.13. The largest absolute Gasteiger partial charge is 0.393 e. The first kappa shape index (κ1) is 11.8. The average Bonchev–Trinajstić information content (AvgIpc) is 2.51. The summed E-state index contributed by atoms with van der Waals surface area (Å²) in [5, 5.41) is 0. The molecule has 1 heterocycles. The summed E-state index contributed by atoms with van der Waals surface area (Å²) >= 11 is 0. The zero-order chi connectivity index (χ0) is 12.6. The fraction of sp³-hybridized carbons (Fsp3) is 0.429. The molecule has 90 valence electrons. The minimum absolute atomic E-state index is 0.214. The van der Waals surface area contributed by atoms with Crippen LogP contribution in [0.15, 0.2) is 12.1 Å². The maximum atomic E-state index is 11.4. The lowest BCUT2D eigenvalue weighted by Gasteiger charge is -2.13. The van der Waals surface area contributed by atoms with Gasteiger partial charge in [0.1, 0.15) is 0 Å². The second-order valence-corrected chi connectivity index (χ2v) is 4.78. The molecule has 17 heavy (non-hydrogen) atoms. The fourth-order valence-electron chi connectivity index (χ4n) is 2.46. The monoisotopic (exact) mass is 232 g/mol. The summed E-state index contributed by atoms with van der Waals surface area (Å²) in [6.07, 6.45) is 0.814. The summed E-state index contributed by atoms with van der Waals surface area (Å²) in [5.41, 5.74) is 4.73. The van der Waals surface area contributed by atoms with E-state index < -0.39 is 5.97 Å². The van der Waals surface area contributed by atoms with Crippen LogP contribution in [0.3, 0.4) is 0 Å². The highest BCUT2D eigenvalue weighted by molar-refractivity contribution is 5.94. The molecule has 1 aromatic rings. The van der Waals surface area contributed by atoms with Gasteiger partial charge in [-0.2, -0.15) is 0 Å². The van der Waals surface area contributed by atoms with Gasteiger partial charge in [-0.25, -0.2) is 0 Å². The molecule has 1 saturated heterocycles. The molecule has 0 N–H and O–H groups in total. The molecule has 0 saturated carbocycles. The van der Waals surface area contributed by atoms with E-state index >= 15 is 0 Å². The van der Waals surface area contributed by atoms with E-state index in [1.807, 2.05) is 13.8 Å². The van der Waals surface area contributed by atoms with Crippen LogP contribution in [0.25, 0.3) is 0 Å². The van der Waals surface area contributed by atoms with Crippen LogP contribution in [-0.4, -0.2) is 11.9 Å². The third kappa shape index (κ3) is 2.38. The van der Waals surface area contributed by atoms with Crippen LogP contribution in [-0.2, 0) is 20.7 Å². The van der Waals surface area contributed by atoms with Gasteiger partial charge in [-0.15, -0.1) is 0 Å². The second kappa shape index (κ2) is 4.32. The van der Waals surface area contributed by atoms with Gasteiger partial charge in [0.05, 0.1) is 12.3 Å². The molecular weight excluding hydrogens is 216 g/mol. The number of hydrogen-bond donors (Lipinski definition) is 0. The van der Waals surface area contributed by atoms with Gasteiger partial charge in [0.25, 0.3) is 0 Å². The molecule has 0 aliphatic carbocycles. The Morgan fingerprint density at radius 2 is 1.76 bits per heavy atom. The van der Waals surface area contributed by atoms with Crippen LogP contribution < -0.4 is 0 Å². The third-order valence-corrected chi connectivity index (χ3v) is 3.25. The number of esters is 2. The molecule has 0 bridgehead atoms. The van der Waals surface area contributed by atoms with Gasteiger partial charge in [-0.3, -0.25) is 9.59 Å². The van der Waals surface area contributed by atoms with Crippen molar-refractivity contribution in [2.75, 3.05) is 0 Å². The Bertz CT molecular complexity index is 465. The first-order valence-corrected chi connectivity index (χ1v) is 5.78. The van der Waals surface area contributed by atoms with Crippen LogP contribution >= 0.6 is 0 Å². The highest BCUT2D eigenvalue weighted by Crippen LogP contribution is 2.25. The van der Waals surface area contributed by atoms with Gasteiger partial charge >= 0.3 is 11.9 Å². The van der Waals surface area contributed by atoms with E-state index in [2.05, 4.69) is 23.8 Å². The second-order valence-electron chi connectivity index (χ2n) is 4.78. The summed E-state index contributed by atoms with van der Waals surface area (Å²) in [5.74, 6) is -1.08.